The molecule has 0 heteroatoms. The van der Waals surface area contributed by atoms with Crippen LogP contribution in [0.25, 0.3) is 11.1 Å². The van der Waals surface area contributed by atoms with E-state index in [1.54, 1.807) is 0 Å². The lowest BCUT2D eigenvalue weighted by Gasteiger charge is -2.05. The second-order valence-corrected chi connectivity index (χ2v) is 8.57. The van der Waals surface area contributed by atoms with Gasteiger partial charge >= 0.3 is 0 Å². The maximum absolute atomic E-state index is 2.42. The summed E-state index contributed by atoms with van der Waals surface area (Å²) >= 11 is 0. The first-order valence-electron chi connectivity index (χ1n) is 12.5. The SMILES string of the molecule is CCCCCCCC/C=C\CCCCCCC[CH]c1ccc(-c2ccccc2)cc1. The molecule has 0 saturated carbocycles. The van der Waals surface area contributed by atoms with Crippen molar-refractivity contribution >= 4 is 0 Å². The van der Waals surface area contributed by atoms with Gasteiger partial charge in [-0.1, -0.05) is 131 Å². The summed E-state index contributed by atoms with van der Waals surface area (Å²) in [7, 11) is 0. The third-order valence-electron chi connectivity index (χ3n) is 5.86. The van der Waals surface area contributed by atoms with Crippen molar-refractivity contribution in [1.29, 1.82) is 0 Å². The van der Waals surface area contributed by atoms with Crippen molar-refractivity contribution in [2.24, 2.45) is 0 Å². The van der Waals surface area contributed by atoms with Crippen LogP contribution in [0.5, 0.6) is 0 Å². The molecule has 0 saturated heterocycles. The fourth-order valence-corrected chi connectivity index (χ4v) is 3.93. The van der Waals surface area contributed by atoms with Crippen molar-refractivity contribution in [1.82, 2.24) is 0 Å². The Morgan fingerprint density at radius 3 is 1.60 bits per heavy atom. The molecule has 0 aliphatic carbocycles. The average molecular weight is 404 g/mol. The van der Waals surface area contributed by atoms with Crippen LogP contribution in [0.4, 0.5) is 0 Å². The molecule has 0 aliphatic rings. The van der Waals surface area contributed by atoms with Crippen molar-refractivity contribution in [2.75, 3.05) is 0 Å². The van der Waals surface area contributed by atoms with Crippen LogP contribution in [-0.4, -0.2) is 0 Å². The summed E-state index contributed by atoms with van der Waals surface area (Å²) in [5.74, 6) is 0. The number of hydrogen-bond donors (Lipinski definition) is 0. The lowest BCUT2D eigenvalue weighted by atomic mass is 10.0. The molecule has 0 unspecified atom stereocenters. The van der Waals surface area contributed by atoms with E-state index in [0.29, 0.717) is 0 Å². The minimum absolute atomic E-state index is 1.20. The molecule has 0 amide bonds. The molecule has 0 N–H and O–H groups in total. The van der Waals surface area contributed by atoms with Crippen molar-refractivity contribution in [3.63, 3.8) is 0 Å². The first-order chi connectivity index (χ1) is 14.9. The molecule has 2 aromatic rings. The van der Waals surface area contributed by atoms with Gasteiger partial charge in [-0.3, -0.25) is 0 Å². The molecule has 0 heterocycles. The Bertz CT molecular complexity index is 650. The van der Waals surface area contributed by atoms with Gasteiger partial charge in [-0.2, -0.15) is 0 Å². The van der Waals surface area contributed by atoms with E-state index in [4.69, 9.17) is 0 Å². The highest BCUT2D eigenvalue weighted by Gasteiger charge is 1.98. The minimum atomic E-state index is 1.20. The molecule has 163 valence electrons. The van der Waals surface area contributed by atoms with Gasteiger partial charge in [0, 0.05) is 0 Å². The summed E-state index contributed by atoms with van der Waals surface area (Å²) in [4.78, 5) is 0. The summed E-state index contributed by atoms with van der Waals surface area (Å²) in [5.41, 5.74) is 3.94. The molecule has 30 heavy (non-hydrogen) atoms. The van der Waals surface area contributed by atoms with E-state index in [9.17, 15) is 0 Å². The summed E-state index contributed by atoms with van der Waals surface area (Å²) < 4.78 is 0. The molecule has 2 rings (SSSR count). The minimum Gasteiger partial charge on any atom is -0.0885 e. The van der Waals surface area contributed by atoms with Crippen molar-refractivity contribution in [2.45, 2.75) is 96.8 Å². The smallest absolute Gasteiger partial charge is 0.00931 e. The number of rotatable bonds is 17. The number of allylic oxidation sites excluding steroid dienone is 2. The van der Waals surface area contributed by atoms with E-state index in [1.807, 2.05) is 0 Å². The summed E-state index contributed by atoms with van der Waals surface area (Å²) in [6, 6.07) is 19.6. The first-order valence-corrected chi connectivity index (χ1v) is 12.5. The largest absolute Gasteiger partial charge is 0.0885 e. The predicted octanol–water partition coefficient (Wildman–Crippen LogP) is 9.94. The summed E-state index contributed by atoms with van der Waals surface area (Å²) in [5, 5.41) is 0. The quantitative estimate of drug-likeness (QED) is 0.182. The predicted molar refractivity (Wildman–Crippen MR) is 135 cm³/mol. The molecule has 0 atom stereocenters. The van der Waals surface area contributed by atoms with E-state index in [0.717, 1.165) is 0 Å². The van der Waals surface area contributed by atoms with Gasteiger partial charge in [0.1, 0.15) is 0 Å². The third-order valence-corrected chi connectivity index (χ3v) is 5.86. The Morgan fingerprint density at radius 1 is 0.500 bits per heavy atom. The molecule has 0 bridgehead atoms. The Balaban J connectivity index is 1.40. The normalized spacial score (nSPS) is 11.4. The molecule has 0 nitrogen and oxygen atoms in total. The van der Waals surface area contributed by atoms with Crippen LogP contribution in [-0.2, 0) is 0 Å². The zero-order chi connectivity index (χ0) is 21.1. The molecule has 0 aliphatic heterocycles. The van der Waals surface area contributed by atoms with Crippen LogP contribution in [0.1, 0.15) is 102 Å². The molecular weight excluding hydrogens is 360 g/mol. The van der Waals surface area contributed by atoms with Crippen LogP contribution >= 0.6 is 0 Å². The van der Waals surface area contributed by atoms with Gasteiger partial charge in [-0.25, -0.2) is 0 Å². The Labute approximate surface area is 186 Å². The zero-order valence-corrected chi connectivity index (χ0v) is 19.3. The van der Waals surface area contributed by atoms with Crippen LogP contribution in [0.15, 0.2) is 66.7 Å². The van der Waals surface area contributed by atoms with Gasteiger partial charge in [0.15, 0.2) is 0 Å². The fraction of sp³-hybridized carbons (Fsp3) is 0.500. The highest BCUT2D eigenvalue weighted by atomic mass is 14.0. The van der Waals surface area contributed by atoms with Crippen molar-refractivity contribution < 1.29 is 0 Å². The second kappa shape index (κ2) is 16.9. The van der Waals surface area contributed by atoms with Crippen molar-refractivity contribution in [3.8, 4) is 11.1 Å². The highest BCUT2D eigenvalue weighted by molar-refractivity contribution is 5.63. The lowest BCUT2D eigenvalue weighted by Crippen LogP contribution is -1.85. The zero-order valence-electron chi connectivity index (χ0n) is 19.3. The van der Waals surface area contributed by atoms with Crippen LogP contribution in [0.2, 0.25) is 0 Å². The second-order valence-electron chi connectivity index (χ2n) is 8.57. The first kappa shape index (κ1) is 24.4. The summed E-state index contributed by atoms with van der Waals surface area (Å²) in [6.45, 7) is 2.28. The maximum atomic E-state index is 2.42. The Hall–Kier alpha value is -1.82. The molecule has 1 radical (unpaired) electrons. The monoisotopic (exact) mass is 403 g/mol. The third kappa shape index (κ3) is 11.4. The van der Waals surface area contributed by atoms with Gasteiger partial charge in [-0.15, -0.1) is 0 Å². The van der Waals surface area contributed by atoms with Gasteiger partial charge in [0.25, 0.3) is 0 Å². The topological polar surface area (TPSA) is 0 Å². The van der Waals surface area contributed by atoms with E-state index < -0.39 is 0 Å². The molecular formula is C30H43. The van der Waals surface area contributed by atoms with Crippen LogP contribution in [0.3, 0.4) is 0 Å². The van der Waals surface area contributed by atoms with E-state index in [2.05, 4.69) is 80.1 Å². The van der Waals surface area contributed by atoms with Crippen LogP contribution < -0.4 is 0 Å². The van der Waals surface area contributed by atoms with E-state index >= 15 is 0 Å². The number of benzene rings is 2. The Morgan fingerprint density at radius 2 is 1.00 bits per heavy atom. The van der Waals surface area contributed by atoms with E-state index in [1.165, 1.54) is 107 Å². The van der Waals surface area contributed by atoms with Gasteiger partial charge in [0.2, 0.25) is 0 Å². The van der Waals surface area contributed by atoms with Gasteiger partial charge in [0.05, 0.1) is 0 Å². The van der Waals surface area contributed by atoms with Gasteiger partial charge in [-0.05, 0) is 55.2 Å². The summed E-state index contributed by atoms with van der Waals surface area (Å²) in [6.07, 6.45) is 26.2. The Kier molecular flexibility index (Phi) is 13.8. The molecule has 2 aromatic carbocycles. The fourth-order valence-electron chi connectivity index (χ4n) is 3.93. The van der Waals surface area contributed by atoms with Gasteiger partial charge < -0.3 is 0 Å². The standard InChI is InChI=1S/C30H43/c1-2-3-4-5-6-7-8-9-10-11-12-13-14-15-16-18-21-28-24-26-30(27-25-28)29-22-19-17-20-23-29/h9-10,17,19-27H,2-8,11-16,18H2,1H3/b10-9-. The molecule has 0 aromatic heterocycles. The molecule has 0 fully saturated rings. The lowest BCUT2D eigenvalue weighted by molar-refractivity contribution is 0.608. The van der Waals surface area contributed by atoms with E-state index in [-0.39, 0.29) is 0 Å². The highest BCUT2D eigenvalue weighted by Crippen LogP contribution is 2.20. The van der Waals surface area contributed by atoms with Crippen molar-refractivity contribution in [3.05, 3.63) is 78.7 Å². The number of hydrogen-bond acceptors (Lipinski definition) is 0. The number of unbranched alkanes of at least 4 members (excludes halogenated alkanes) is 12. The average Bonchev–Trinajstić information content (AvgIpc) is 2.80. The van der Waals surface area contributed by atoms with Crippen LogP contribution in [0, 0.1) is 6.42 Å². The molecule has 0 spiro atoms. The maximum Gasteiger partial charge on any atom is -0.00931 e.